The molecular formula is C29H25F4N3OS. The zero-order valence-electron chi connectivity index (χ0n) is 20.4. The van der Waals surface area contributed by atoms with Gasteiger partial charge in [0.2, 0.25) is 0 Å². The molecule has 38 heavy (non-hydrogen) atoms. The molecule has 3 aromatic carbocycles. The lowest BCUT2D eigenvalue weighted by Crippen LogP contribution is -2.36. The number of alkyl halides is 3. The Morgan fingerprint density at radius 3 is 2.50 bits per heavy atom. The number of aromatic nitrogens is 1. The van der Waals surface area contributed by atoms with Gasteiger partial charge in [-0.2, -0.15) is 13.2 Å². The molecule has 0 saturated heterocycles. The fourth-order valence-electron chi connectivity index (χ4n) is 4.64. The molecule has 0 saturated carbocycles. The van der Waals surface area contributed by atoms with Crippen molar-refractivity contribution in [3.05, 3.63) is 123 Å². The van der Waals surface area contributed by atoms with E-state index in [2.05, 4.69) is 11.1 Å². The van der Waals surface area contributed by atoms with Gasteiger partial charge < -0.3 is 4.90 Å². The monoisotopic (exact) mass is 539 g/mol. The number of carbonyl (C=O) groups is 1. The van der Waals surface area contributed by atoms with Crippen LogP contribution in [0.5, 0.6) is 0 Å². The second kappa shape index (κ2) is 11.0. The SMILES string of the molecule is O=C(c1csc(CN(Cc2cccc(C(F)(F)F)c2)Cc2ccccc2F)n1)N1CCc2ccccc2C1. The standard InChI is InChI=1S/C29H25F4N3OS/c30-25-11-4-3-9-23(25)16-35(15-20-6-5-10-24(14-20)29(31,32)33)18-27-34-26(19-38-27)28(37)36-13-12-21-7-1-2-8-22(21)17-36/h1-11,14,19H,12-13,15-18H2. The van der Waals surface area contributed by atoms with Gasteiger partial charge in [-0.3, -0.25) is 9.69 Å². The van der Waals surface area contributed by atoms with Gasteiger partial charge in [0.05, 0.1) is 12.1 Å². The lowest BCUT2D eigenvalue weighted by molar-refractivity contribution is -0.137. The van der Waals surface area contributed by atoms with Crippen LogP contribution in [0.3, 0.4) is 0 Å². The molecule has 0 spiro atoms. The van der Waals surface area contributed by atoms with Crippen LogP contribution < -0.4 is 0 Å². The summed E-state index contributed by atoms with van der Waals surface area (Å²) in [4.78, 5) is 21.3. The van der Waals surface area contributed by atoms with E-state index in [0.29, 0.717) is 34.9 Å². The Morgan fingerprint density at radius 2 is 1.71 bits per heavy atom. The zero-order valence-corrected chi connectivity index (χ0v) is 21.2. The van der Waals surface area contributed by atoms with Crippen molar-refractivity contribution < 1.29 is 22.4 Å². The molecule has 0 unspecified atom stereocenters. The molecule has 0 aliphatic carbocycles. The Balaban J connectivity index is 1.34. The Labute approximate surface area is 222 Å². The van der Waals surface area contributed by atoms with Crippen molar-refractivity contribution in [2.24, 2.45) is 0 Å². The molecule has 0 N–H and O–H groups in total. The zero-order chi connectivity index (χ0) is 26.7. The Hall–Kier alpha value is -3.56. The van der Waals surface area contributed by atoms with Crippen LogP contribution in [0.25, 0.3) is 0 Å². The van der Waals surface area contributed by atoms with Crippen molar-refractivity contribution in [1.82, 2.24) is 14.8 Å². The van der Waals surface area contributed by atoms with Gasteiger partial charge in [-0.25, -0.2) is 9.37 Å². The van der Waals surface area contributed by atoms with Crippen molar-refractivity contribution in [2.75, 3.05) is 6.54 Å². The van der Waals surface area contributed by atoms with Crippen LogP contribution in [0.15, 0.2) is 78.2 Å². The summed E-state index contributed by atoms with van der Waals surface area (Å²) >= 11 is 1.31. The first kappa shape index (κ1) is 26.1. The number of rotatable bonds is 7. The number of amides is 1. The summed E-state index contributed by atoms with van der Waals surface area (Å²) < 4.78 is 54.2. The van der Waals surface area contributed by atoms with Gasteiger partial charge in [-0.15, -0.1) is 11.3 Å². The smallest absolute Gasteiger partial charge is 0.333 e. The minimum Gasteiger partial charge on any atom is -0.333 e. The second-order valence-corrected chi connectivity index (χ2v) is 10.2. The third-order valence-corrected chi connectivity index (χ3v) is 7.39. The van der Waals surface area contributed by atoms with E-state index in [1.54, 1.807) is 34.5 Å². The van der Waals surface area contributed by atoms with Crippen molar-refractivity contribution >= 4 is 17.2 Å². The molecule has 4 aromatic rings. The third kappa shape index (κ3) is 6.11. The minimum atomic E-state index is -4.45. The summed E-state index contributed by atoms with van der Waals surface area (Å²) in [5.41, 5.74) is 2.87. The van der Waals surface area contributed by atoms with Gasteiger partial charge in [0.15, 0.2) is 0 Å². The molecule has 0 atom stereocenters. The summed E-state index contributed by atoms with van der Waals surface area (Å²) in [7, 11) is 0. The average Bonchev–Trinajstić information content (AvgIpc) is 3.37. The highest BCUT2D eigenvalue weighted by Gasteiger charge is 2.30. The van der Waals surface area contributed by atoms with Gasteiger partial charge in [0, 0.05) is 37.1 Å². The third-order valence-electron chi connectivity index (χ3n) is 6.56. The van der Waals surface area contributed by atoms with Crippen LogP contribution >= 0.6 is 11.3 Å². The van der Waals surface area contributed by atoms with E-state index < -0.39 is 11.7 Å². The highest BCUT2D eigenvalue weighted by atomic mass is 32.1. The molecule has 0 fully saturated rings. The summed E-state index contributed by atoms with van der Waals surface area (Å²) in [5.74, 6) is -0.539. The largest absolute Gasteiger partial charge is 0.416 e. The molecule has 9 heteroatoms. The van der Waals surface area contributed by atoms with Gasteiger partial charge in [0.25, 0.3) is 5.91 Å². The van der Waals surface area contributed by atoms with E-state index in [4.69, 9.17) is 0 Å². The molecule has 0 radical (unpaired) electrons. The molecule has 5 rings (SSSR count). The number of carbonyl (C=O) groups excluding carboxylic acids is 1. The first-order valence-electron chi connectivity index (χ1n) is 12.2. The predicted molar refractivity (Wildman–Crippen MR) is 138 cm³/mol. The average molecular weight is 540 g/mol. The van der Waals surface area contributed by atoms with Crippen molar-refractivity contribution in [3.8, 4) is 0 Å². The molecule has 1 amide bonds. The highest BCUT2D eigenvalue weighted by Crippen LogP contribution is 2.30. The van der Waals surface area contributed by atoms with E-state index in [9.17, 15) is 22.4 Å². The van der Waals surface area contributed by atoms with Gasteiger partial charge >= 0.3 is 6.18 Å². The summed E-state index contributed by atoms with van der Waals surface area (Å²) in [6.07, 6.45) is -3.67. The summed E-state index contributed by atoms with van der Waals surface area (Å²) in [5, 5.41) is 2.35. The summed E-state index contributed by atoms with van der Waals surface area (Å²) in [6.45, 7) is 1.72. The number of thiazole rings is 1. The van der Waals surface area contributed by atoms with Crippen LogP contribution in [-0.4, -0.2) is 27.2 Å². The van der Waals surface area contributed by atoms with Crippen molar-refractivity contribution in [3.63, 3.8) is 0 Å². The molecule has 0 bridgehead atoms. The number of fused-ring (bicyclic) bond motifs is 1. The van der Waals surface area contributed by atoms with Gasteiger partial charge in [-0.05, 0) is 35.2 Å². The van der Waals surface area contributed by atoms with E-state index >= 15 is 0 Å². The molecule has 1 aliphatic heterocycles. The number of hydrogen-bond acceptors (Lipinski definition) is 4. The normalized spacial score (nSPS) is 13.6. The Kier molecular flexibility index (Phi) is 7.58. The van der Waals surface area contributed by atoms with Crippen LogP contribution in [-0.2, 0) is 38.8 Å². The fourth-order valence-corrected chi connectivity index (χ4v) is 5.45. The van der Waals surface area contributed by atoms with E-state index in [1.807, 2.05) is 23.1 Å². The first-order chi connectivity index (χ1) is 18.3. The molecule has 196 valence electrons. The topological polar surface area (TPSA) is 36.4 Å². The van der Waals surface area contributed by atoms with E-state index in [0.717, 1.165) is 24.1 Å². The quantitative estimate of drug-likeness (QED) is 0.245. The molecule has 1 aromatic heterocycles. The maximum atomic E-state index is 14.4. The maximum absolute atomic E-state index is 14.4. The maximum Gasteiger partial charge on any atom is 0.416 e. The minimum absolute atomic E-state index is 0.152. The lowest BCUT2D eigenvalue weighted by Gasteiger charge is -2.28. The van der Waals surface area contributed by atoms with Gasteiger partial charge in [0.1, 0.15) is 16.5 Å². The Morgan fingerprint density at radius 1 is 0.947 bits per heavy atom. The molecular weight excluding hydrogens is 514 g/mol. The number of hydrogen-bond donors (Lipinski definition) is 0. The highest BCUT2D eigenvalue weighted by molar-refractivity contribution is 7.09. The van der Waals surface area contributed by atoms with Crippen LogP contribution in [0.4, 0.5) is 17.6 Å². The lowest BCUT2D eigenvalue weighted by atomic mass is 10.00. The number of benzene rings is 3. The summed E-state index contributed by atoms with van der Waals surface area (Å²) in [6, 6.07) is 19.5. The van der Waals surface area contributed by atoms with Gasteiger partial charge in [-0.1, -0.05) is 60.7 Å². The first-order valence-corrected chi connectivity index (χ1v) is 13.1. The van der Waals surface area contributed by atoms with E-state index in [-0.39, 0.29) is 31.4 Å². The van der Waals surface area contributed by atoms with Crippen molar-refractivity contribution in [2.45, 2.75) is 38.8 Å². The van der Waals surface area contributed by atoms with Crippen molar-refractivity contribution in [1.29, 1.82) is 0 Å². The molecule has 1 aliphatic rings. The van der Waals surface area contributed by atoms with Crippen LogP contribution in [0.1, 0.15) is 43.3 Å². The number of halogens is 4. The Bertz CT molecular complexity index is 1440. The van der Waals surface area contributed by atoms with Crippen LogP contribution in [0, 0.1) is 5.82 Å². The fraction of sp³-hybridized carbons (Fsp3) is 0.241. The molecule has 4 nitrogen and oxygen atoms in total. The molecule has 2 heterocycles. The second-order valence-electron chi connectivity index (χ2n) is 9.31. The number of nitrogens with zero attached hydrogens (tertiary/aromatic N) is 3. The van der Waals surface area contributed by atoms with E-state index in [1.165, 1.54) is 29.0 Å². The predicted octanol–water partition coefficient (Wildman–Crippen LogP) is 6.70. The van der Waals surface area contributed by atoms with Crippen LogP contribution in [0.2, 0.25) is 0 Å².